The van der Waals surface area contributed by atoms with Gasteiger partial charge in [-0.2, -0.15) is 5.10 Å². The molecule has 1 fully saturated rings. The summed E-state index contributed by atoms with van der Waals surface area (Å²) in [5.74, 6) is 4.12. The van der Waals surface area contributed by atoms with Crippen LogP contribution < -0.4 is 19.5 Å². The van der Waals surface area contributed by atoms with Gasteiger partial charge in [0, 0.05) is 37.5 Å². The number of nitrogens with zero attached hydrogens (tertiary/aromatic N) is 4. The quantitative estimate of drug-likeness (QED) is 0.172. The largest absolute Gasteiger partial charge is 0.497 e. The molecule has 1 aliphatic rings. The molecule has 5 aromatic rings. The number of anilines is 1. The summed E-state index contributed by atoms with van der Waals surface area (Å²) in [6.45, 7) is 0.509. The highest BCUT2D eigenvalue weighted by Gasteiger charge is 2.28. The highest BCUT2D eigenvalue weighted by atomic mass is 16.5. The van der Waals surface area contributed by atoms with Gasteiger partial charge >= 0.3 is 6.09 Å². The topological polar surface area (TPSA) is 111 Å². The number of methoxy groups -OCH3 is 1. The zero-order valence-electron chi connectivity index (χ0n) is 24.7. The Labute approximate surface area is 255 Å². The fourth-order valence-electron chi connectivity index (χ4n) is 5.58. The number of carboxylic acid groups (broad SMARTS) is 1. The van der Waals surface area contributed by atoms with Gasteiger partial charge in [-0.05, 0) is 67.6 Å². The lowest BCUT2D eigenvalue weighted by Crippen LogP contribution is -2.40. The fourth-order valence-corrected chi connectivity index (χ4v) is 5.58. The first-order chi connectivity index (χ1) is 21.5. The molecule has 2 heterocycles. The number of aromatic nitrogens is 3. The van der Waals surface area contributed by atoms with Gasteiger partial charge in [0.25, 0.3) is 0 Å². The summed E-state index contributed by atoms with van der Waals surface area (Å²) in [4.78, 5) is 17.6. The molecule has 2 aromatic heterocycles. The minimum Gasteiger partial charge on any atom is -0.497 e. The van der Waals surface area contributed by atoms with Crippen LogP contribution in [0.2, 0.25) is 0 Å². The molecule has 1 aliphatic carbocycles. The summed E-state index contributed by atoms with van der Waals surface area (Å²) < 4.78 is 19.7. The minimum absolute atomic E-state index is 0.0147. The van der Waals surface area contributed by atoms with Gasteiger partial charge in [0.1, 0.15) is 34.1 Å². The maximum atomic E-state index is 11.5. The summed E-state index contributed by atoms with van der Waals surface area (Å²) in [5, 5.41) is 18.8. The zero-order chi connectivity index (χ0) is 30.5. The number of nitrogens with one attached hydrogen (secondary N) is 1. The van der Waals surface area contributed by atoms with E-state index >= 15 is 0 Å². The molecular formula is C34H35N5O5. The third kappa shape index (κ3) is 6.54. The first-order valence-corrected chi connectivity index (χ1v) is 14.7. The lowest BCUT2D eigenvalue weighted by Gasteiger charge is -2.33. The Morgan fingerprint density at radius 1 is 0.909 bits per heavy atom. The van der Waals surface area contributed by atoms with Crippen LogP contribution in [0.5, 0.6) is 28.7 Å². The van der Waals surface area contributed by atoms with Gasteiger partial charge in [-0.3, -0.25) is 0 Å². The molecule has 0 atom stereocenters. The molecule has 0 unspecified atom stereocenters. The summed E-state index contributed by atoms with van der Waals surface area (Å²) in [6, 6.07) is 27.0. The van der Waals surface area contributed by atoms with Crippen LogP contribution in [0.3, 0.4) is 0 Å². The number of ether oxygens (including phenoxy) is 3. The van der Waals surface area contributed by atoms with Gasteiger partial charge in [-0.15, -0.1) is 0 Å². The Balaban J connectivity index is 1.30. The van der Waals surface area contributed by atoms with E-state index in [0.717, 1.165) is 48.1 Å². The van der Waals surface area contributed by atoms with Crippen molar-refractivity contribution in [2.45, 2.75) is 44.3 Å². The molecule has 226 valence electrons. The van der Waals surface area contributed by atoms with Gasteiger partial charge in [0.15, 0.2) is 11.5 Å². The average molecular weight is 594 g/mol. The second-order valence-corrected chi connectivity index (χ2v) is 10.9. The number of para-hydroxylation sites is 1. The van der Waals surface area contributed by atoms with E-state index < -0.39 is 6.09 Å². The molecule has 0 aliphatic heterocycles. The molecule has 10 nitrogen and oxygen atoms in total. The van der Waals surface area contributed by atoms with Crippen molar-refractivity contribution in [2.24, 2.45) is 0 Å². The number of carbonyl (C=O) groups is 1. The first-order valence-electron chi connectivity index (χ1n) is 14.7. The molecule has 0 spiro atoms. The highest BCUT2D eigenvalue weighted by molar-refractivity contribution is 5.93. The van der Waals surface area contributed by atoms with Crippen LogP contribution in [0.15, 0.2) is 91.1 Å². The van der Waals surface area contributed by atoms with Crippen LogP contribution in [-0.2, 0) is 6.54 Å². The van der Waals surface area contributed by atoms with Gasteiger partial charge < -0.3 is 29.5 Å². The molecule has 44 heavy (non-hydrogen) atoms. The third-order valence-corrected chi connectivity index (χ3v) is 7.99. The van der Waals surface area contributed by atoms with Crippen LogP contribution in [-0.4, -0.2) is 57.1 Å². The van der Waals surface area contributed by atoms with Crippen molar-refractivity contribution in [3.8, 4) is 28.7 Å². The van der Waals surface area contributed by atoms with Crippen LogP contribution in [0.25, 0.3) is 11.0 Å². The van der Waals surface area contributed by atoms with Gasteiger partial charge in [0.2, 0.25) is 0 Å². The maximum Gasteiger partial charge on any atom is 0.407 e. The smallest absolute Gasteiger partial charge is 0.407 e. The predicted octanol–water partition coefficient (Wildman–Crippen LogP) is 7.41. The van der Waals surface area contributed by atoms with E-state index in [1.165, 1.54) is 4.90 Å². The summed E-state index contributed by atoms with van der Waals surface area (Å²) in [5.41, 5.74) is 1.75. The molecule has 0 saturated heterocycles. The third-order valence-electron chi connectivity index (χ3n) is 7.99. The van der Waals surface area contributed by atoms with Gasteiger partial charge in [0.05, 0.1) is 13.7 Å². The molecular weight excluding hydrogens is 558 g/mol. The van der Waals surface area contributed by atoms with Crippen LogP contribution in [0.1, 0.15) is 31.2 Å². The van der Waals surface area contributed by atoms with Gasteiger partial charge in [-0.1, -0.05) is 36.4 Å². The van der Waals surface area contributed by atoms with Crippen LogP contribution in [0.4, 0.5) is 10.6 Å². The van der Waals surface area contributed by atoms with E-state index in [9.17, 15) is 9.90 Å². The number of hydrogen-bond acceptors (Lipinski definition) is 7. The standard InChI is InChI=1S/C34H35N5O5/c1-38(34(40)41)25-15-13-24(14-16-25)36-32-31-30(44-29-10-6-9-28(21-29)43-27-7-4-3-5-8-27)19-20-35-33(31)39(37-32)22-23-11-17-26(42-2)18-12-23/h3-12,17-21,24-25H,13-16,22H2,1-2H3,(H,36,37)(H,40,41). The maximum absolute atomic E-state index is 11.5. The average Bonchev–Trinajstić information content (AvgIpc) is 3.39. The number of fused-ring (bicyclic) bond motifs is 1. The number of benzene rings is 3. The van der Waals surface area contributed by atoms with E-state index in [0.29, 0.717) is 35.3 Å². The van der Waals surface area contributed by atoms with E-state index in [2.05, 4.69) is 5.32 Å². The molecule has 3 aromatic carbocycles. The lowest BCUT2D eigenvalue weighted by molar-refractivity contribution is 0.125. The molecule has 1 amide bonds. The monoisotopic (exact) mass is 593 g/mol. The van der Waals surface area contributed by atoms with Crippen LogP contribution in [0, 0.1) is 0 Å². The second kappa shape index (κ2) is 12.9. The molecule has 0 radical (unpaired) electrons. The molecule has 2 N–H and O–H groups in total. The molecule has 10 heteroatoms. The number of hydrogen-bond donors (Lipinski definition) is 2. The number of rotatable bonds is 10. The molecule has 1 saturated carbocycles. The Morgan fingerprint density at radius 2 is 1.61 bits per heavy atom. The van der Waals surface area contributed by atoms with E-state index in [4.69, 9.17) is 24.3 Å². The Bertz CT molecular complexity index is 1720. The number of pyridine rings is 1. The summed E-state index contributed by atoms with van der Waals surface area (Å²) in [7, 11) is 3.29. The van der Waals surface area contributed by atoms with Crippen molar-refractivity contribution in [3.05, 3.63) is 96.7 Å². The minimum atomic E-state index is -0.893. The van der Waals surface area contributed by atoms with Crippen LogP contribution >= 0.6 is 0 Å². The fraction of sp³-hybridized carbons (Fsp3) is 0.265. The van der Waals surface area contributed by atoms with Crippen molar-refractivity contribution >= 4 is 22.9 Å². The van der Waals surface area contributed by atoms with Crippen molar-refractivity contribution in [1.29, 1.82) is 0 Å². The van der Waals surface area contributed by atoms with E-state index in [-0.39, 0.29) is 12.1 Å². The van der Waals surface area contributed by atoms with Gasteiger partial charge in [-0.25, -0.2) is 14.5 Å². The molecule has 6 rings (SSSR count). The first kappa shape index (κ1) is 28.9. The van der Waals surface area contributed by atoms with Crippen molar-refractivity contribution < 1.29 is 24.1 Å². The zero-order valence-corrected chi connectivity index (χ0v) is 24.7. The summed E-state index contributed by atoms with van der Waals surface area (Å²) >= 11 is 0. The normalized spacial score (nSPS) is 16.3. The van der Waals surface area contributed by atoms with E-state index in [1.54, 1.807) is 20.4 Å². The van der Waals surface area contributed by atoms with Crippen molar-refractivity contribution in [1.82, 2.24) is 19.7 Å². The molecule has 0 bridgehead atoms. The summed E-state index contributed by atoms with van der Waals surface area (Å²) in [6.07, 6.45) is 4.04. The Morgan fingerprint density at radius 3 is 2.32 bits per heavy atom. The Kier molecular flexibility index (Phi) is 8.49. The van der Waals surface area contributed by atoms with E-state index in [1.807, 2.05) is 89.6 Å². The number of amides is 1. The SMILES string of the molecule is COc1ccc(Cn2nc(NC3CCC(N(C)C(=O)O)CC3)c3c(Oc4cccc(Oc5ccccc5)c4)ccnc32)cc1. The Hall–Kier alpha value is -5.25. The van der Waals surface area contributed by atoms with Crippen molar-refractivity contribution in [3.63, 3.8) is 0 Å². The van der Waals surface area contributed by atoms with Crippen molar-refractivity contribution in [2.75, 3.05) is 19.5 Å². The second-order valence-electron chi connectivity index (χ2n) is 10.9. The predicted molar refractivity (Wildman–Crippen MR) is 168 cm³/mol. The lowest BCUT2D eigenvalue weighted by atomic mass is 9.90. The highest BCUT2D eigenvalue weighted by Crippen LogP contribution is 2.37.